The van der Waals surface area contributed by atoms with Crippen LogP contribution >= 0.6 is 11.6 Å². The largest absolute Gasteiger partial charge is 0.488 e. The van der Waals surface area contributed by atoms with Crippen LogP contribution in [0, 0.1) is 0 Å². The molecule has 104 valence electrons. The first-order chi connectivity index (χ1) is 9.08. The number of ether oxygens (including phenoxy) is 1. The summed E-state index contributed by atoms with van der Waals surface area (Å²) in [5.74, 6) is -0.0704. The second kappa shape index (κ2) is 6.26. The summed E-state index contributed by atoms with van der Waals surface area (Å²) in [6.07, 6.45) is 5.19. The number of hydrogen-bond acceptors (Lipinski definition) is 3. The maximum Gasteiger partial charge on any atom is 0.252 e. The van der Waals surface area contributed by atoms with Crippen molar-refractivity contribution in [2.24, 2.45) is 11.5 Å². The van der Waals surface area contributed by atoms with Crippen molar-refractivity contribution >= 4 is 17.5 Å². The van der Waals surface area contributed by atoms with Crippen molar-refractivity contribution in [2.45, 2.75) is 44.2 Å². The predicted octanol–water partition coefficient (Wildman–Crippen LogP) is 2.48. The Morgan fingerprint density at radius 3 is 2.74 bits per heavy atom. The van der Waals surface area contributed by atoms with Crippen molar-refractivity contribution in [3.8, 4) is 5.75 Å². The van der Waals surface area contributed by atoms with E-state index >= 15 is 0 Å². The molecule has 5 heteroatoms. The molecule has 0 bridgehead atoms. The highest BCUT2D eigenvalue weighted by Gasteiger charge is 2.23. The third kappa shape index (κ3) is 3.61. The summed E-state index contributed by atoms with van der Waals surface area (Å²) < 4.78 is 5.91. The summed E-state index contributed by atoms with van der Waals surface area (Å²) in [7, 11) is 0. The molecule has 1 fully saturated rings. The van der Waals surface area contributed by atoms with Gasteiger partial charge in [0.2, 0.25) is 0 Å². The highest BCUT2D eigenvalue weighted by molar-refractivity contribution is 6.31. The van der Waals surface area contributed by atoms with Crippen molar-refractivity contribution in [3.05, 3.63) is 28.8 Å². The van der Waals surface area contributed by atoms with Crippen LogP contribution in [-0.2, 0) is 0 Å². The zero-order valence-electron chi connectivity index (χ0n) is 10.8. The molecule has 1 aliphatic rings. The normalized spacial score (nSPS) is 23.7. The number of carbonyl (C=O) groups is 1. The van der Waals surface area contributed by atoms with E-state index in [1.54, 1.807) is 12.1 Å². The molecular weight excluding hydrogens is 264 g/mol. The van der Waals surface area contributed by atoms with Crippen LogP contribution in [0.5, 0.6) is 5.75 Å². The van der Waals surface area contributed by atoms with Gasteiger partial charge < -0.3 is 16.2 Å². The van der Waals surface area contributed by atoms with Crippen LogP contribution in [0.1, 0.15) is 42.5 Å². The molecule has 0 aromatic heterocycles. The molecule has 2 rings (SSSR count). The second-order valence-corrected chi connectivity index (χ2v) is 5.40. The van der Waals surface area contributed by atoms with Crippen molar-refractivity contribution < 1.29 is 9.53 Å². The van der Waals surface area contributed by atoms with Crippen LogP contribution < -0.4 is 16.2 Å². The van der Waals surface area contributed by atoms with Gasteiger partial charge in [0.05, 0.1) is 5.56 Å². The first-order valence-corrected chi connectivity index (χ1v) is 6.97. The third-order valence-corrected chi connectivity index (χ3v) is 3.72. The molecule has 2 atom stereocenters. The maximum atomic E-state index is 11.4. The van der Waals surface area contributed by atoms with Gasteiger partial charge in [-0.05, 0) is 37.5 Å². The fourth-order valence-corrected chi connectivity index (χ4v) is 2.58. The zero-order chi connectivity index (χ0) is 13.8. The molecule has 1 aromatic rings. The topological polar surface area (TPSA) is 78.3 Å². The van der Waals surface area contributed by atoms with Crippen molar-refractivity contribution in [2.75, 3.05) is 0 Å². The lowest BCUT2D eigenvalue weighted by molar-refractivity contribution is 0.0989. The zero-order valence-corrected chi connectivity index (χ0v) is 11.5. The number of carbonyl (C=O) groups excluding carboxylic acids is 1. The van der Waals surface area contributed by atoms with Gasteiger partial charge in [0.25, 0.3) is 5.91 Å². The number of amides is 1. The maximum absolute atomic E-state index is 11.4. The van der Waals surface area contributed by atoms with Gasteiger partial charge in [-0.25, -0.2) is 0 Å². The average Bonchev–Trinajstić information content (AvgIpc) is 2.57. The van der Waals surface area contributed by atoms with E-state index in [-0.39, 0.29) is 12.1 Å². The molecule has 0 radical (unpaired) electrons. The van der Waals surface area contributed by atoms with E-state index in [1.807, 2.05) is 0 Å². The van der Waals surface area contributed by atoms with Crippen LogP contribution in [0.25, 0.3) is 0 Å². The molecule has 4 N–H and O–H groups in total. The van der Waals surface area contributed by atoms with Gasteiger partial charge in [-0.15, -0.1) is 0 Å². The Morgan fingerprint density at radius 2 is 2.00 bits per heavy atom. The first-order valence-electron chi connectivity index (χ1n) is 6.59. The molecule has 1 saturated carbocycles. The van der Waals surface area contributed by atoms with Crippen LogP contribution in [0.2, 0.25) is 5.02 Å². The number of rotatable bonds is 3. The lowest BCUT2D eigenvalue weighted by Crippen LogP contribution is -2.38. The van der Waals surface area contributed by atoms with Gasteiger partial charge in [0.1, 0.15) is 11.9 Å². The van der Waals surface area contributed by atoms with E-state index in [4.69, 9.17) is 27.8 Å². The SMILES string of the molecule is NC(=O)c1cc(Cl)ccc1OC1CCCCCC1N. The fourth-order valence-electron chi connectivity index (χ4n) is 2.41. The molecule has 1 amide bonds. The summed E-state index contributed by atoms with van der Waals surface area (Å²) in [6.45, 7) is 0. The van der Waals surface area contributed by atoms with Gasteiger partial charge in [-0.2, -0.15) is 0 Å². The molecule has 19 heavy (non-hydrogen) atoms. The molecule has 0 saturated heterocycles. The molecule has 1 aliphatic carbocycles. The molecule has 0 aliphatic heterocycles. The monoisotopic (exact) mass is 282 g/mol. The number of hydrogen-bond donors (Lipinski definition) is 2. The van der Waals surface area contributed by atoms with Crippen LogP contribution in [-0.4, -0.2) is 18.1 Å². The van der Waals surface area contributed by atoms with Crippen LogP contribution in [0.15, 0.2) is 18.2 Å². The molecule has 0 spiro atoms. The van der Waals surface area contributed by atoms with E-state index in [9.17, 15) is 4.79 Å². The highest BCUT2D eigenvalue weighted by Crippen LogP contribution is 2.27. The number of halogens is 1. The van der Waals surface area contributed by atoms with Gasteiger partial charge in [0, 0.05) is 11.1 Å². The predicted molar refractivity (Wildman–Crippen MR) is 75.4 cm³/mol. The molecule has 4 nitrogen and oxygen atoms in total. The van der Waals surface area contributed by atoms with Gasteiger partial charge >= 0.3 is 0 Å². The minimum Gasteiger partial charge on any atom is -0.488 e. The third-order valence-electron chi connectivity index (χ3n) is 3.49. The van der Waals surface area contributed by atoms with Crippen LogP contribution in [0.3, 0.4) is 0 Å². The summed E-state index contributed by atoms with van der Waals surface area (Å²) >= 11 is 5.87. The molecular formula is C14H19ClN2O2. The van der Waals surface area contributed by atoms with Crippen molar-refractivity contribution in [1.82, 2.24) is 0 Å². The van der Waals surface area contributed by atoms with Crippen molar-refractivity contribution in [1.29, 1.82) is 0 Å². The fraction of sp³-hybridized carbons (Fsp3) is 0.500. The molecule has 1 aromatic carbocycles. The first kappa shape index (κ1) is 14.2. The summed E-state index contributed by atoms with van der Waals surface area (Å²) in [6, 6.07) is 4.89. The van der Waals surface area contributed by atoms with E-state index in [2.05, 4.69) is 0 Å². The minimum atomic E-state index is -0.542. The Hall–Kier alpha value is -1.26. The quantitative estimate of drug-likeness (QED) is 0.836. The Balaban J connectivity index is 2.19. The standard InChI is InChI=1S/C14H19ClN2O2/c15-9-6-7-12(10(8-9)14(17)18)19-13-5-3-1-2-4-11(13)16/h6-8,11,13H,1-5,16H2,(H2,17,18). The minimum absolute atomic E-state index is 0.00101. The number of primary amides is 1. The lowest BCUT2D eigenvalue weighted by Gasteiger charge is -2.24. The molecule has 0 heterocycles. The Morgan fingerprint density at radius 1 is 1.26 bits per heavy atom. The Bertz CT molecular complexity index is 465. The van der Waals surface area contributed by atoms with E-state index in [1.165, 1.54) is 12.5 Å². The van der Waals surface area contributed by atoms with Gasteiger partial charge in [-0.1, -0.05) is 24.4 Å². The van der Waals surface area contributed by atoms with E-state index in [0.717, 1.165) is 25.7 Å². The summed E-state index contributed by atoms with van der Waals surface area (Å²) in [5.41, 5.74) is 11.8. The molecule has 2 unspecified atom stereocenters. The van der Waals surface area contributed by atoms with E-state index in [0.29, 0.717) is 16.3 Å². The van der Waals surface area contributed by atoms with Crippen molar-refractivity contribution in [3.63, 3.8) is 0 Å². The number of benzene rings is 1. The smallest absolute Gasteiger partial charge is 0.252 e. The summed E-state index contributed by atoms with van der Waals surface area (Å²) in [5, 5.41) is 0.464. The summed E-state index contributed by atoms with van der Waals surface area (Å²) in [4.78, 5) is 11.4. The van der Waals surface area contributed by atoms with Crippen LogP contribution in [0.4, 0.5) is 0 Å². The lowest BCUT2D eigenvalue weighted by atomic mass is 10.1. The average molecular weight is 283 g/mol. The second-order valence-electron chi connectivity index (χ2n) is 4.96. The highest BCUT2D eigenvalue weighted by atomic mass is 35.5. The Labute approximate surface area is 118 Å². The van der Waals surface area contributed by atoms with Gasteiger partial charge in [0.15, 0.2) is 0 Å². The number of nitrogens with two attached hydrogens (primary N) is 2. The van der Waals surface area contributed by atoms with E-state index < -0.39 is 5.91 Å². The van der Waals surface area contributed by atoms with Gasteiger partial charge in [-0.3, -0.25) is 4.79 Å². The Kier molecular flexibility index (Phi) is 4.66.